The smallest absolute Gasteiger partial charge is 0.319 e. The number of nitrogens with one attached hydrogen (secondary N) is 2. The summed E-state index contributed by atoms with van der Waals surface area (Å²) in [5, 5.41) is 3.02. The molecule has 0 unspecified atom stereocenters. The highest BCUT2D eigenvalue weighted by atomic mass is 19.1. The maximum Gasteiger partial charge on any atom is 0.319 e. The summed E-state index contributed by atoms with van der Waals surface area (Å²) < 4.78 is 25.2. The second-order valence-electron chi connectivity index (χ2n) is 8.38. The van der Waals surface area contributed by atoms with E-state index in [0.29, 0.717) is 43.3 Å². The number of rotatable bonds is 8. The zero-order valence-electron chi connectivity index (χ0n) is 20.0. The first-order valence-electron chi connectivity index (χ1n) is 11.9. The van der Waals surface area contributed by atoms with Gasteiger partial charge in [-0.2, -0.15) is 0 Å². The van der Waals surface area contributed by atoms with Crippen LogP contribution in [0, 0.1) is 5.82 Å². The molecule has 1 saturated heterocycles. The number of hydrogen-bond donors (Lipinski definition) is 2. The molecule has 4 aromatic rings. The Labute approximate surface area is 207 Å². The lowest BCUT2D eigenvalue weighted by molar-refractivity contribution is -0.142. The molecule has 0 aliphatic carbocycles. The molecule has 2 N–H and O–H groups in total. The van der Waals surface area contributed by atoms with Gasteiger partial charge in [0.25, 0.3) is 0 Å². The van der Waals surface area contributed by atoms with Crippen LogP contribution in [-0.2, 0) is 20.8 Å². The number of aromatic nitrogens is 4. The number of fused-ring (bicyclic) bond motifs is 1. The topological polar surface area (TPSA) is 105 Å². The first-order valence-corrected chi connectivity index (χ1v) is 11.9. The van der Waals surface area contributed by atoms with Gasteiger partial charge < -0.3 is 19.4 Å². The third kappa shape index (κ3) is 5.19. The summed E-state index contributed by atoms with van der Waals surface area (Å²) in [6.45, 7) is 5.45. The van der Waals surface area contributed by atoms with Crippen molar-refractivity contribution < 1.29 is 18.7 Å². The fourth-order valence-electron chi connectivity index (χ4n) is 4.26. The number of anilines is 1. The van der Waals surface area contributed by atoms with Crippen LogP contribution in [0.4, 0.5) is 10.1 Å². The van der Waals surface area contributed by atoms with Crippen LogP contribution in [0.15, 0.2) is 48.9 Å². The fraction of sp³-hybridized carbons (Fsp3) is 0.308. The summed E-state index contributed by atoms with van der Waals surface area (Å²) in [7, 11) is 0. The SMILES string of the molecule is CCOC(=O)CNCc1nc2c(-c3ncccc3F)cc(-c3cncc(N4CCOCC4)c3)cc2[nH]1. The number of ether oxygens (including phenoxy) is 2. The standard InChI is InChI=1S/C26H27FN6O3/c1-2-36-24(34)16-29-15-23-31-22-12-17(11-20(26(22)32-23)25-21(27)4-3-5-30-25)18-10-19(14-28-13-18)33-6-8-35-9-7-33/h3-5,10-14,29H,2,6-9,15-16H2,1H3,(H,31,32). The third-order valence-electron chi connectivity index (χ3n) is 5.95. The molecule has 1 aromatic carbocycles. The maximum absolute atomic E-state index is 14.8. The molecule has 0 bridgehead atoms. The van der Waals surface area contributed by atoms with Crippen molar-refractivity contribution in [2.75, 3.05) is 44.4 Å². The van der Waals surface area contributed by atoms with E-state index in [0.717, 1.165) is 35.4 Å². The molecule has 0 atom stereocenters. The average molecular weight is 491 g/mol. The molecule has 36 heavy (non-hydrogen) atoms. The molecule has 10 heteroatoms. The highest BCUT2D eigenvalue weighted by Gasteiger charge is 2.18. The van der Waals surface area contributed by atoms with Crippen LogP contribution in [-0.4, -0.2) is 65.4 Å². The van der Waals surface area contributed by atoms with E-state index in [1.165, 1.54) is 6.07 Å². The van der Waals surface area contributed by atoms with Gasteiger partial charge in [0.1, 0.15) is 17.3 Å². The van der Waals surface area contributed by atoms with Crippen molar-refractivity contribution in [1.29, 1.82) is 0 Å². The highest BCUT2D eigenvalue weighted by Crippen LogP contribution is 2.34. The largest absolute Gasteiger partial charge is 0.465 e. The van der Waals surface area contributed by atoms with Crippen molar-refractivity contribution in [2.45, 2.75) is 13.5 Å². The number of carbonyl (C=O) groups is 1. The summed E-state index contributed by atoms with van der Waals surface area (Å²) in [4.78, 5) is 30.6. The number of benzene rings is 1. The molecule has 0 amide bonds. The Kier molecular flexibility index (Phi) is 7.15. The predicted molar refractivity (Wildman–Crippen MR) is 134 cm³/mol. The summed E-state index contributed by atoms with van der Waals surface area (Å²) in [5.41, 5.74) is 4.90. The number of esters is 1. The first kappa shape index (κ1) is 23.8. The minimum Gasteiger partial charge on any atom is -0.465 e. The van der Waals surface area contributed by atoms with Crippen LogP contribution in [0.25, 0.3) is 33.4 Å². The average Bonchev–Trinajstić information content (AvgIpc) is 3.32. The molecule has 1 aliphatic heterocycles. The van der Waals surface area contributed by atoms with Gasteiger partial charge in [-0.25, -0.2) is 9.37 Å². The molecule has 186 valence electrons. The van der Waals surface area contributed by atoms with Gasteiger partial charge in [0.05, 0.1) is 55.8 Å². The van der Waals surface area contributed by atoms with E-state index in [2.05, 4.69) is 36.2 Å². The number of carbonyl (C=O) groups excluding carboxylic acids is 1. The lowest BCUT2D eigenvalue weighted by Crippen LogP contribution is -2.36. The zero-order chi connectivity index (χ0) is 24.9. The Morgan fingerprint density at radius 1 is 1.22 bits per heavy atom. The molecule has 0 saturated carbocycles. The normalized spacial score (nSPS) is 13.8. The number of pyridine rings is 2. The Bertz CT molecular complexity index is 1370. The van der Waals surface area contributed by atoms with Gasteiger partial charge in [0.2, 0.25) is 0 Å². The first-order chi connectivity index (χ1) is 17.6. The minimum absolute atomic E-state index is 0.0673. The van der Waals surface area contributed by atoms with Gasteiger partial charge in [-0.3, -0.25) is 20.1 Å². The van der Waals surface area contributed by atoms with Gasteiger partial charge in [-0.1, -0.05) is 0 Å². The van der Waals surface area contributed by atoms with E-state index in [1.54, 1.807) is 25.4 Å². The van der Waals surface area contributed by atoms with Crippen LogP contribution in [0.3, 0.4) is 0 Å². The molecule has 0 spiro atoms. The summed E-state index contributed by atoms with van der Waals surface area (Å²) in [5.74, 6) is -0.148. The Morgan fingerprint density at radius 3 is 2.89 bits per heavy atom. The Hall–Kier alpha value is -3.89. The minimum atomic E-state index is -0.430. The van der Waals surface area contributed by atoms with Crippen LogP contribution in [0.2, 0.25) is 0 Å². The third-order valence-corrected chi connectivity index (χ3v) is 5.95. The van der Waals surface area contributed by atoms with Crippen molar-refractivity contribution in [3.05, 3.63) is 60.6 Å². The fourth-order valence-corrected chi connectivity index (χ4v) is 4.26. The molecule has 1 aliphatic rings. The molecule has 5 rings (SSSR count). The van der Waals surface area contributed by atoms with Gasteiger partial charge in [0, 0.05) is 36.6 Å². The van der Waals surface area contributed by atoms with E-state index >= 15 is 0 Å². The van der Waals surface area contributed by atoms with Gasteiger partial charge in [-0.15, -0.1) is 0 Å². The van der Waals surface area contributed by atoms with Crippen molar-refractivity contribution in [3.63, 3.8) is 0 Å². The number of nitrogens with zero attached hydrogens (tertiary/aromatic N) is 4. The van der Waals surface area contributed by atoms with Crippen molar-refractivity contribution in [3.8, 4) is 22.4 Å². The lowest BCUT2D eigenvalue weighted by Gasteiger charge is -2.28. The van der Waals surface area contributed by atoms with Crippen LogP contribution in [0.1, 0.15) is 12.7 Å². The van der Waals surface area contributed by atoms with E-state index in [9.17, 15) is 9.18 Å². The van der Waals surface area contributed by atoms with E-state index in [-0.39, 0.29) is 18.2 Å². The molecule has 3 aromatic heterocycles. The second-order valence-corrected chi connectivity index (χ2v) is 8.38. The zero-order valence-corrected chi connectivity index (χ0v) is 20.0. The second kappa shape index (κ2) is 10.8. The number of morpholine rings is 1. The van der Waals surface area contributed by atoms with E-state index in [4.69, 9.17) is 9.47 Å². The van der Waals surface area contributed by atoms with Gasteiger partial charge in [0.15, 0.2) is 0 Å². The monoisotopic (exact) mass is 490 g/mol. The number of hydrogen-bond acceptors (Lipinski definition) is 8. The van der Waals surface area contributed by atoms with Crippen molar-refractivity contribution in [2.24, 2.45) is 0 Å². The molecular formula is C26H27FN6O3. The molecule has 1 fully saturated rings. The van der Waals surface area contributed by atoms with Crippen LogP contribution in [0.5, 0.6) is 0 Å². The number of aromatic amines is 1. The molecule has 9 nitrogen and oxygen atoms in total. The Morgan fingerprint density at radius 2 is 2.08 bits per heavy atom. The van der Waals surface area contributed by atoms with Gasteiger partial charge in [-0.05, 0) is 42.8 Å². The lowest BCUT2D eigenvalue weighted by atomic mass is 10.0. The van der Waals surface area contributed by atoms with Crippen LogP contribution < -0.4 is 10.2 Å². The predicted octanol–water partition coefficient (Wildman–Crippen LogP) is 3.32. The Balaban J connectivity index is 1.53. The molecule has 0 radical (unpaired) electrons. The maximum atomic E-state index is 14.8. The van der Waals surface area contributed by atoms with Crippen molar-refractivity contribution >= 4 is 22.7 Å². The molecular weight excluding hydrogens is 463 g/mol. The summed E-state index contributed by atoms with van der Waals surface area (Å²) in [6.07, 6.45) is 5.20. The number of imidazole rings is 1. The molecule has 4 heterocycles. The number of H-pyrrole nitrogens is 1. The van der Waals surface area contributed by atoms with Crippen LogP contribution >= 0.6 is 0 Å². The number of halogens is 1. The highest BCUT2D eigenvalue weighted by molar-refractivity contribution is 5.95. The quantitative estimate of drug-likeness (QED) is 0.363. The summed E-state index contributed by atoms with van der Waals surface area (Å²) in [6, 6.07) is 8.89. The van der Waals surface area contributed by atoms with Crippen molar-refractivity contribution in [1.82, 2.24) is 25.3 Å². The van der Waals surface area contributed by atoms with Gasteiger partial charge >= 0.3 is 5.97 Å². The van der Waals surface area contributed by atoms with E-state index in [1.807, 2.05) is 18.3 Å². The summed E-state index contributed by atoms with van der Waals surface area (Å²) >= 11 is 0. The van der Waals surface area contributed by atoms with E-state index < -0.39 is 5.82 Å².